The molecule has 23 heavy (non-hydrogen) atoms. The molecule has 1 aliphatic carbocycles. The second kappa shape index (κ2) is 7.25. The molecule has 6 heteroatoms. The molecule has 1 aromatic rings. The third kappa shape index (κ3) is 4.64. The van der Waals surface area contributed by atoms with Gasteiger partial charge in [0.05, 0.1) is 12.2 Å². The van der Waals surface area contributed by atoms with Crippen molar-refractivity contribution in [1.29, 1.82) is 0 Å². The Morgan fingerprint density at radius 2 is 2.17 bits per heavy atom. The quantitative estimate of drug-likeness (QED) is 0.854. The van der Waals surface area contributed by atoms with Crippen LogP contribution in [-0.4, -0.2) is 60.3 Å². The number of nitrogens with one attached hydrogen (secondary N) is 1. The number of hydrogen-bond acceptors (Lipinski definition) is 5. The molecule has 1 atom stereocenters. The number of carbonyl (C=O) groups excluding carboxylic acids is 1. The van der Waals surface area contributed by atoms with E-state index >= 15 is 0 Å². The molecule has 0 aromatic carbocycles. The Morgan fingerprint density at radius 1 is 1.35 bits per heavy atom. The summed E-state index contributed by atoms with van der Waals surface area (Å²) in [6.07, 6.45) is 4.77. The van der Waals surface area contributed by atoms with Gasteiger partial charge in [0.1, 0.15) is 0 Å². The van der Waals surface area contributed by atoms with Crippen LogP contribution in [0.5, 0.6) is 0 Å². The molecule has 0 radical (unpaired) electrons. The van der Waals surface area contributed by atoms with Gasteiger partial charge in [0, 0.05) is 32.7 Å². The first-order valence-electron chi connectivity index (χ1n) is 8.64. The highest BCUT2D eigenvalue weighted by Crippen LogP contribution is 2.29. The van der Waals surface area contributed by atoms with Crippen LogP contribution in [-0.2, 0) is 4.79 Å². The number of anilines is 1. The lowest BCUT2D eigenvalue weighted by molar-refractivity contribution is -0.129. The summed E-state index contributed by atoms with van der Waals surface area (Å²) in [7, 11) is 1.91. The van der Waals surface area contributed by atoms with Gasteiger partial charge in [-0.1, -0.05) is 0 Å². The molecule has 1 saturated carbocycles. The molecule has 2 heterocycles. The highest BCUT2D eigenvalue weighted by molar-refractivity contribution is 5.78. The molecular weight excluding hydrogens is 290 g/mol. The number of amides is 1. The van der Waals surface area contributed by atoms with Crippen molar-refractivity contribution in [2.45, 2.75) is 38.6 Å². The summed E-state index contributed by atoms with van der Waals surface area (Å²) in [4.78, 5) is 16.3. The van der Waals surface area contributed by atoms with Crippen molar-refractivity contribution in [2.75, 3.05) is 38.1 Å². The van der Waals surface area contributed by atoms with E-state index in [0.29, 0.717) is 12.6 Å². The van der Waals surface area contributed by atoms with Crippen LogP contribution in [0.15, 0.2) is 12.1 Å². The minimum Gasteiger partial charge on any atom is -0.354 e. The smallest absolute Gasteiger partial charge is 0.236 e. The fourth-order valence-corrected chi connectivity index (χ4v) is 3.07. The van der Waals surface area contributed by atoms with E-state index in [9.17, 15) is 4.79 Å². The van der Waals surface area contributed by atoms with Gasteiger partial charge in [-0.05, 0) is 50.7 Å². The Balaban J connectivity index is 1.46. The van der Waals surface area contributed by atoms with E-state index in [1.807, 2.05) is 31.0 Å². The average molecular weight is 317 g/mol. The molecule has 0 unspecified atom stereocenters. The van der Waals surface area contributed by atoms with Gasteiger partial charge in [-0.2, -0.15) is 5.10 Å². The monoisotopic (exact) mass is 317 g/mol. The van der Waals surface area contributed by atoms with Gasteiger partial charge in [-0.15, -0.1) is 5.10 Å². The van der Waals surface area contributed by atoms with E-state index in [4.69, 9.17) is 0 Å². The van der Waals surface area contributed by atoms with E-state index in [1.165, 1.54) is 12.8 Å². The van der Waals surface area contributed by atoms with E-state index in [1.54, 1.807) is 0 Å². The lowest BCUT2D eigenvalue weighted by atomic mass is 10.1. The zero-order valence-corrected chi connectivity index (χ0v) is 14.2. The first-order valence-corrected chi connectivity index (χ1v) is 8.64. The predicted molar refractivity (Wildman–Crippen MR) is 90.4 cm³/mol. The number of aromatic nitrogens is 2. The molecule has 1 amide bonds. The summed E-state index contributed by atoms with van der Waals surface area (Å²) in [6.45, 7) is 5.18. The third-order valence-electron chi connectivity index (χ3n) is 4.73. The zero-order valence-electron chi connectivity index (χ0n) is 14.2. The van der Waals surface area contributed by atoms with E-state index in [0.717, 1.165) is 49.9 Å². The van der Waals surface area contributed by atoms with E-state index in [-0.39, 0.29) is 5.91 Å². The minimum absolute atomic E-state index is 0.198. The third-order valence-corrected chi connectivity index (χ3v) is 4.73. The lowest BCUT2D eigenvalue weighted by Crippen LogP contribution is -2.49. The van der Waals surface area contributed by atoms with Gasteiger partial charge in [-0.25, -0.2) is 0 Å². The molecule has 2 fully saturated rings. The van der Waals surface area contributed by atoms with Crippen LogP contribution in [0.1, 0.15) is 31.4 Å². The minimum atomic E-state index is 0.198. The number of carbonyl (C=O) groups is 1. The maximum atomic E-state index is 12.2. The van der Waals surface area contributed by atoms with Crippen LogP contribution in [0.4, 0.5) is 5.82 Å². The number of aryl methyl sites for hydroxylation is 1. The molecular formula is C17H27N5O. The second-order valence-electron chi connectivity index (χ2n) is 6.92. The highest BCUT2D eigenvalue weighted by Gasteiger charge is 2.26. The first kappa shape index (κ1) is 16.2. The number of nitrogens with zero attached hydrogens (tertiary/aromatic N) is 4. The second-order valence-corrected chi connectivity index (χ2v) is 6.92. The van der Waals surface area contributed by atoms with E-state index in [2.05, 4.69) is 20.4 Å². The number of rotatable bonds is 6. The van der Waals surface area contributed by atoms with Gasteiger partial charge in [0.2, 0.25) is 5.91 Å². The molecule has 0 bridgehead atoms. The molecule has 126 valence electrons. The van der Waals surface area contributed by atoms with Crippen LogP contribution in [0.2, 0.25) is 0 Å². The van der Waals surface area contributed by atoms with Crippen LogP contribution < -0.4 is 10.2 Å². The number of hydrogen-bond donors (Lipinski definition) is 1. The molecule has 1 aromatic heterocycles. The maximum absolute atomic E-state index is 12.2. The Bertz CT molecular complexity index is 528. The highest BCUT2D eigenvalue weighted by atomic mass is 16.2. The van der Waals surface area contributed by atoms with Crippen molar-refractivity contribution in [2.24, 2.45) is 5.92 Å². The number of likely N-dealkylation sites (N-methyl/N-ethyl adjacent to an activating group) is 1. The van der Waals surface area contributed by atoms with Crippen molar-refractivity contribution in [3.63, 3.8) is 0 Å². The number of piperidine rings is 1. The van der Waals surface area contributed by atoms with Crippen molar-refractivity contribution in [1.82, 2.24) is 20.4 Å². The molecule has 3 rings (SSSR count). The van der Waals surface area contributed by atoms with Crippen molar-refractivity contribution < 1.29 is 4.79 Å². The standard InChI is InChI=1S/C17H27N5O/c1-13-5-8-16(20-19-13)22-9-3-4-15(12-22)18-10-17(23)21(2)11-14-6-7-14/h5,8,14-15,18H,3-4,6-7,9-12H2,1-2H3/t15-/m1/s1. The lowest BCUT2D eigenvalue weighted by Gasteiger charge is -2.34. The van der Waals surface area contributed by atoms with Crippen LogP contribution in [0, 0.1) is 12.8 Å². The topological polar surface area (TPSA) is 61.4 Å². The molecule has 1 aliphatic heterocycles. The first-order chi connectivity index (χ1) is 11.1. The average Bonchev–Trinajstić information content (AvgIpc) is 3.37. The fourth-order valence-electron chi connectivity index (χ4n) is 3.07. The summed E-state index contributed by atoms with van der Waals surface area (Å²) in [5, 5.41) is 11.8. The Hall–Kier alpha value is -1.69. The van der Waals surface area contributed by atoms with Gasteiger partial charge in [-0.3, -0.25) is 4.79 Å². The zero-order chi connectivity index (χ0) is 16.2. The Morgan fingerprint density at radius 3 is 2.87 bits per heavy atom. The van der Waals surface area contributed by atoms with E-state index < -0.39 is 0 Å². The Kier molecular flexibility index (Phi) is 5.10. The van der Waals surface area contributed by atoms with Crippen molar-refractivity contribution in [3.05, 3.63) is 17.8 Å². The molecule has 0 spiro atoms. The van der Waals surface area contributed by atoms with Gasteiger partial charge in [0.25, 0.3) is 0 Å². The van der Waals surface area contributed by atoms with Crippen LogP contribution in [0.3, 0.4) is 0 Å². The summed E-state index contributed by atoms with van der Waals surface area (Å²) < 4.78 is 0. The summed E-state index contributed by atoms with van der Waals surface area (Å²) in [6, 6.07) is 4.36. The maximum Gasteiger partial charge on any atom is 0.236 e. The molecule has 1 N–H and O–H groups in total. The van der Waals surface area contributed by atoms with Gasteiger partial charge < -0.3 is 15.1 Å². The van der Waals surface area contributed by atoms with Crippen LogP contribution in [0.25, 0.3) is 0 Å². The fraction of sp³-hybridized carbons (Fsp3) is 0.706. The molecule has 6 nitrogen and oxygen atoms in total. The summed E-state index contributed by atoms with van der Waals surface area (Å²) >= 11 is 0. The Labute approximate surface area is 138 Å². The van der Waals surface area contributed by atoms with Crippen LogP contribution >= 0.6 is 0 Å². The summed E-state index contributed by atoms with van der Waals surface area (Å²) in [5.41, 5.74) is 0.935. The molecule has 1 saturated heterocycles. The van der Waals surface area contributed by atoms with Gasteiger partial charge >= 0.3 is 0 Å². The SMILES string of the molecule is Cc1ccc(N2CCC[C@@H](NCC(=O)N(C)CC3CC3)C2)nn1. The summed E-state index contributed by atoms with van der Waals surface area (Å²) in [5.74, 6) is 1.87. The predicted octanol–water partition coefficient (Wildman–Crippen LogP) is 1.21. The largest absolute Gasteiger partial charge is 0.354 e. The van der Waals surface area contributed by atoms with Gasteiger partial charge in [0.15, 0.2) is 5.82 Å². The van der Waals surface area contributed by atoms with Crippen molar-refractivity contribution in [3.8, 4) is 0 Å². The van der Waals surface area contributed by atoms with Crippen molar-refractivity contribution >= 4 is 11.7 Å². The molecule has 2 aliphatic rings. The normalized spacial score (nSPS) is 21.3.